The molecule has 2 aromatic carbocycles. The van der Waals surface area contributed by atoms with Crippen molar-refractivity contribution < 1.29 is 128 Å². The Balaban J connectivity index is 0.982. The minimum Gasteiger partial charge on any atom is -0.508 e. The van der Waals surface area contributed by atoms with Gasteiger partial charge in [-0.3, -0.25) is 9.59 Å². The summed E-state index contributed by atoms with van der Waals surface area (Å²) >= 11 is 0. The molecular formula is C52H64O26. The smallest absolute Gasteiger partial charge is 0.337 e. The summed E-state index contributed by atoms with van der Waals surface area (Å²) in [6.07, 6.45) is -22.4. The van der Waals surface area contributed by atoms with Gasteiger partial charge >= 0.3 is 23.9 Å². The number of carbonyl (C=O) groups excluding carboxylic acids is 4. The second kappa shape index (κ2) is 23.6. The number of phenols is 2. The van der Waals surface area contributed by atoms with Gasteiger partial charge in [0.05, 0.1) is 82.3 Å². The van der Waals surface area contributed by atoms with E-state index >= 15 is 0 Å². The van der Waals surface area contributed by atoms with Crippen molar-refractivity contribution in [1.82, 2.24) is 0 Å². The molecule has 78 heavy (non-hydrogen) atoms. The SMILES string of the molecule is COC(=O)C1=CO[C@@H](O[C@@H]2O[C@H](CO)[C@@H](O)[C@H](O)[C@H]2O)[C@@H]2[C@@H](COC(=O)C3[C@H](c4ccc(O)cc4)C(OC(=O)C[C@@H]4[C@H]5[C@H](O[C@@H]6O[C@H](CO)[C@@H](O)[C@H](O)[C@H]6O)OC=C(C(=O)OC)[C@H]5C[C@@H]4O)[C@H]3c3ccc(O)cc3)[C@@H](O)C[C@H]12. The van der Waals surface area contributed by atoms with E-state index in [9.17, 15) is 80.5 Å². The molecule has 3 aliphatic carbocycles. The molecule has 7 aliphatic rings. The van der Waals surface area contributed by atoms with Crippen molar-refractivity contribution in [3.8, 4) is 11.5 Å². The van der Waals surface area contributed by atoms with Crippen molar-refractivity contribution in [2.75, 3.05) is 34.0 Å². The van der Waals surface area contributed by atoms with Crippen molar-refractivity contribution in [2.45, 2.75) is 123 Å². The maximum absolute atomic E-state index is 14.9. The largest absolute Gasteiger partial charge is 0.508 e. The first-order valence-electron chi connectivity index (χ1n) is 25.4. The molecule has 3 saturated carbocycles. The molecule has 12 N–H and O–H groups in total. The Bertz CT molecular complexity index is 2470. The van der Waals surface area contributed by atoms with E-state index in [4.69, 9.17) is 47.4 Å². The van der Waals surface area contributed by atoms with Crippen LogP contribution in [0.3, 0.4) is 0 Å². The van der Waals surface area contributed by atoms with Crippen molar-refractivity contribution in [2.24, 2.45) is 41.4 Å². The number of hydrogen-bond donors (Lipinski definition) is 12. The van der Waals surface area contributed by atoms with Crippen LogP contribution in [0.25, 0.3) is 0 Å². The third-order valence-electron chi connectivity index (χ3n) is 16.5. The summed E-state index contributed by atoms with van der Waals surface area (Å²) in [4.78, 5) is 55.4. The van der Waals surface area contributed by atoms with Crippen LogP contribution in [0, 0.1) is 41.4 Å². The average Bonchev–Trinajstić information content (AvgIpc) is 4.03. The molecule has 9 rings (SSSR count). The van der Waals surface area contributed by atoms with Crippen LogP contribution < -0.4 is 0 Å². The highest BCUT2D eigenvalue weighted by atomic mass is 16.8. The first-order chi connectivity index (χ1) is 37.3. The van der Waals surface area contributed by atoms with Crippen LogP contribution in [0.2, 0.25) is 0 Å². The third-order valence-corrected chi connectivity index (χ3v) is 16.5. The Morgan fingerprint density at radius 3 is 1.41 bits per heavy atom. The molecule has 0 radical (unpaired) electrons. The summed E-state index contributed by atoms with van der Waals surface area (Å²) in [7, 11) is 2.27. The molecular weight excluding hydrogens is 1040 g/mol. The number of aliphatic hydroxyl groups is 10. The number of fused-ring (bicyclic) bond motifs is 2. The molecule has 0 unspecified atom stereocenters. The standard InChI is InChI=1S/C52H64O26/c1-69-46(66)26-16-72-49(77-51-43(64)41(62)39(60)31(14-53)74-51)36-23(26)11-29(57)25(36)13-33(59)76-45-34(19-3-7-21(55)8-4-19)38(35(45)20-5-9-22(56)10-6-20)48(68)71-18-28-30(58)12-24-27(47(67)70-2)17-73-50(37(24)28)78-52-44(65)42(63)40(61)32(15-54)75-52/h3-10,16-17,23-25,28-32,34-45,49-58,60-65H,11-15,18H2,1-2H3/t23-,24-,25+,28+,29+,30+,31-,32-,34+,35+,36+,37+,38?,39-,40-,41+,42+,43-,44-,45?,49+,50+,51+,52+/m1/s1. The molecule has 26 nitrogen and oxygen atoms in total. The number of aromatic hydroxyl groups is 2. The molecule has 26 heteroatoms. The van der Waals surface area contributed by atoms with Gasteiger partial charge in [-0.1, -0.05) is 24.3 Å². The van der Waals surface area contributed by atoms with Crippen molar-refractivity contribution in [3.05, 3.63) is 83.3 Å². The van der Waals surface area contributed by atoms with Gasteiger partial charge in [-0.15, -0.1) is 0 Å². The van der Waals surface area contributed by atoms with Gasteiger partial charge in [0.25, 0.3) is 0 Å². The van der Waals surface area contributed by atoms with Crippen LogP contribution in [0.1, 0.15) is 42.2 Å². The minimum absolute atomic E-state index is 0.00124. The number of hydrogen-bond acceptors (Lipinski definition) is 26. The van der Waals surface area contributed by atoms with Crippen LogP contribution in [-0.4, -0.2) is 211 Å². The molecule has 4 heterocycles. The first-order valence-corrected chi connectivity index (χ1v) is 25.4. The Labute approximate surface area is 444 Å². The van der Waals surface area contributed by atoms with Gasteiger partial charge in [-0.2, -0.15) is 0 Å². The monoisotopic (exact) mass is 1100 g/mol. The van der Waals surface area contributed by atoms with E-state index < -0.39 is 196 Å². The number of methoxy groups -OCH3 is 2. The van der Waals surface area contributed by atoms with E-state index in [1.54, 1.807) is 0 Å². The number of esters is 4. The molecule has 0 spiro atoms. The summed E-state index contributed by atoms with van der Waals surface area (Å²) < 4.78 is 57.2. The second-order valence-corrected chi connectivity index (χ2v) is 20.7. The van der Waals surface area contributed by atoms with Crippen LogP contribution in [0.4, 0.5) is 0 Å². The lowest BCUT2D eigenvalue weighted by Crippen LogP contribution is -2.60. The predicted octanol–water partition coefficient (Wildman–Crippen LogP) is -2.87. The Morgan fingerprint density at radius 2 is 0.987 bits per heavy atom. The number of carbonyl (C=O) groups is 4. The van der Waals surface area contributed by atoms with Gasteiger partial charge < -0.3 is 109 Å². The zero-order chi connectivity index (χ0) is 56.0. The molecule has 428 valence electrons. The van der Waals surface area contributed by atoms with Crippen LogP contribution in [0.15, 0.2) is 72.2 Å². The average molecular weight is 1110 g/mol. The molecule has 2 aromatic rings. The highest BCUT2D eigenvalue weighted by molar-refractivity contribution is 5.89. The lowest BCUT2D eigenvalue weighted by atomic mass is 9.57. The highest BCUT2D eigenvalue weighted by Gasteiger charge is 2.61. The van der Waals surface area contributed by atoms with Crippen LogP contribution >= 0.6 is 0 Å². The van der Waals surface area contributed by atoms with Crippen LogP contribution in [0.5, 0.6) is 11.5 Å². The number of rotatable bonds is 16. The van der Waals surface area contributed by atoms with Gasteiger partial charge in [0.15, 0.2) is 12.6 Å². The fourth-order valence-electron chi connectivity index (χ4n) is 12.4. The summed E-state index contributed by atoms with van der Waals surface area (Å²) in [5, 5.41) is 127. The fourth-order valence-corrected chi connectivity index (χ4v) is 12.4. The molecule has 0 aromatic heterocycles. The van der Waals surface area contributed by atoms with Gasteiger partial charge in [0.1, 0.15) is 66.4 Å². The summed E-state index contributed by atoms with van der Waals surface area (Å²) in [6.45, 7) is -2.09. The quantitative estimate of drug-likeness (QED) is 0.0594. The van der Waals surface area contributed by atoms with Gasteiger partial charge in [0, 0.05) is 47.3 Å². The van der Waals surface area contributed by atoms with Crippen LogP contribution in [-0.2, 0) is 66.5 Å². The molecule has 5 fully saturated rings. The van der Waals surface area contributed by atoms with E-state index in [2.05, 4.69) is 0 Å². The molecule has 0 bridgehead atoms. The normalized spacial score (nSPS) is 40.8. The Kier molecular flexibility index (Phi) is 17.3. The second-order valence-electron chi connectivity index (χ2n) is 20.7. The number of ether oxygens (including phenoxy) is 10. The van der Waals surface area contributed by atoms with E-state index in [-0.39, 0.29) is 35.5 Å². The maximum Gasteiger partial charge on any atom is 0.337 e. The maximum atomic E-state index is 14.9. The first kappa shape index (κ1) is 57.1. The van der Waals surface area contributed by atoms with Gasteiger partial charge in [-0.05, 0) is 48.2 Å². The number of benzene rings is 2. The predicted molar refractivity (Wildman–Crippen MR) is 252 cm³/mol. The fraction of sp³-hybridized carbons (Fsp3) is 0.615. The Hall–Kier alpha value is -5.56. The lowest BCUT2D eigenvalue weighted by molar-refractivity contribution is -0.343. The van der Waals surface area contributed by atoms with E-state index in [0.29, 0.717) is 11.1 Å². The number of aliphatic hydroxyl groups excluding tert-OH is 10. The molecule has 22 atom stereocenters. The lowest BCUT2D eigenvalue weighted by Gasteiger charge is -2.50. The topological polar surface area (TPSA) is 403 Å². The molecule has 2 saturated heterocycles. The van der Waals surface area contributed by atoms with Gasteiger partial charge in [0.2, 0.25) is 12.6 Å². The summed E-state index contributed by atoms with van der Waals surface area (Å²) in [5.41, 5.74) is 0.779. The van der Waals surface area contributed by atoms with E-state index in [1.165, 1.54) is 48.5 Å². The third kappa shape index (κ3) is 10.8. The Morgan fingerprint density at radius 1 is 0.564 bits per heavy atom. The van der Waals surface area contributed by atoms with E-state index in [1.807, 2.05) is 0 Å². The van der Waals surface area contributed by atoms with E-state index in [0.717, 1.165) is 26.7 Å². The number of phenolic OH excluding ortho intramolecular Hbond substituents is 2. The zero-order valence-electron chi connectivity index (χ0n) is 42.0. The minimum atomic E-state index is -1.87. The highest BCUT2D eigenvalue weighted by Crippen LogP contribution is 2.57. The van der Waals surface area contributed by atoms with Crippen molar-refractivity contribution in [3.63, 3.8) is 0 Å². The van der Waals surface area contributed by atoms with Crippen molar-refractivity contribution >= 4 is 23.9 Å². The zero-order valence-corrected chi connectivity index (χ0v) is 42.0. The summed E-state index contributed by atoms with van der Waals surface area (Å²) in [5.74, 6) is -12.9. The van der Waals surface area contributed by atoms with Crippen molar-refractivity contribution in [1.29, 1.82) is 0 Å². The molecule has 4 aliphatic heterocycles. The van der Waals surface area contributed by atoms with Gasteiger partial charge in [-0.25, -0.2) is 9.59 Å². The molecule has 0 amide bonds. The summed E-state index contributed by atoms with van der Waals surface area (Å²) in [6, 6.07) is 11.4.